The lowest BCUT2D eigenvalue weighted by Gasteiger charge is -2.16. The SMILES string of the molecule is CCC(NC(=O)c1cc(COc2c(C)cccc2C)cs1)c1ccccc1. The molecular weight excluding hydrogens is 354 g/mol. The van der Waals surface area contributed by atoms with Gasteiger partial charge in [0.1, 0.15) is 12.4 Å². The number of para-hydroxylation sites is 1. The summed E-state index contributed by atoms with van der Waals surface area (Å²) >= 11 is 1.46. The molecule has 0 saturated heterocycles. The summed E-state index contributed by atoms with van der Waals surface area (Å²) in [5.41, 5.74) is 4.39. The van der Waals surface area contributed by atoms with Gasteiger partial charge in [0.15, 0.2) is 0 Å². The fraction of sp³-hybridized carbons (Fsp3) is 0.261. The van der Waals surface area contributed by atoms with Gasteiger partial charge in [-0.15, -0.1) is 11.3 Å². The Labute approximate surface area is 165 Å². The first kappa shape index (κ1) is 19.2. The van der Waals surface area contributed by atoms with Crippen molar-refractivity contribution in [2.45, 2.75) is 39.8 Å². The first-order chi connectivity index (χ1) is 13.1. The summed E-state index contributed by atoms with van der Waals surface area (Å²) in [5, 5.41) is 5.13. The molecule has 1 heterocycles. The average molecular weight is 380 g/mol. The number of rotatable bonds is 7. The van der Waals surface area contributed by atoms with Crippen molar-refractivity contribution in [1.29, 1.82) is 0 Å². The predicted octanol–water partition coefficient (Wildman–Crippen LogP) is 5.83. The summed E-state index contributed by atoms with van der Waals surface area (Å²) in [5.74, 6) is 0.888. The second-order valence-corrected chi connectivity index (χ2v) is 7.59. The van der Waals surface area contributed by atoms with Gasteiger partial charge in [0.05, 0.1) is 10.9 Å². The third kappa shape index (κ3) is 4.77. The zero-order valence-electron chi connectivity index (χ0n) is 16.0. The quantitative estimate of drug-likeness (QED) is 0.561. The molecule has 0 aliphatic heterocycles. The van der Waals surface area contributed by atoms with E-state index >= 15 is 0 Å². The maximum absolute atomic E-state index is 12.6. The van der Waals surface area contributed by atoms with Gasteiger partial charge in [-0.2, -0.15) is 0 Å². The van der Waals surface area contributed by atoms with Crippen molar-refractivity contribution >= 4 is 17.2 Å². The fourth-order valence-electron chi connectivity index (χ4n) is 3.09. The molecular formula is C23H25NO2S. The third-order valence-corrected chi connectivity index (χ3v) is 5.56. The highest BCUT2D eigenvalue weighted by atomic mass is 32.1. The van der Waals surface area contributed by atoms with Crippen LogP contribution in [-0.2, 0) is 6.61 Å². The molecule has 140 valence electrons. The second-order valence-electron chi connectivity index (χ2n) is 6.67. The Morgan fingerprint density at radius 1 is 1.07 bits per heavy atom. The van der Waals surface area contributed by atoms with Crippen LogP contribution < -0.4 is 10.1 Å². The smallest absolute Gasteiger partial charge is 0.261 e. The first-order valence-corrected chi connectivity index (χ1v) is 10.1. The zero-order chi connectivity index (χ0) is 19.2. The number of hydrogen-bond donors (Lipinski definition) is 1. The normalized spacial score (nSPS) is 11.8. The molecule has 27 heavy (non-hydrogen) atoms. The van der Waals surface area contributed by atoms with Crippen LogP contribution in [0.2, 0.25) is 0 Å². The summed E-state index contributed by atoms with van der Waals surface area (Å²) in [6, 6.07) is 18.1. The van der Waals surface area contributed by atoms with Crippen molar-refractivity contribution in [2.75, 3.05) is 0 Å². The van der Waals surface area contributed by atoms with Crippen LogP contribution in [0.15, 0.2) is 60.0 Å². The molecule has 1 amide bonds. The minimum Gasteiger partial charge on any atom is -0.488 e. The summed E-state index contributed by atoms with van der Waals surface area (Å²) in [4.78, 5) is 13.4. The van der Waals surface area contributed by atoms with Crippen LogP contribution in [0.5, 0.6) is 5.75 Å². The molecule has 0 bridgehead atoms. The van der Waals surface area contributed by atoms with Gasteiger partial charge in [0.2, 0.25) is 0 Å². The molecule has 1 aromatic heterocycles. The molecule has 0 fully saturated rings. The van der Waals surface area contributed by atoms with Crippen molar-refractivity contribution in [1.82, 2.24) is 5.32 Å². The largest absolute Gasteiger partial charge is 0.488 e. The van der Waals surface area contributed by atoms with E-state index in [9.17, 15) is 4.79 Å². The number of carbonyl (C=O) groups is 1. The minimum absolute atomic E-state index is 0.0233. The summed E-state index contributed by atoms with van der Waals surface area (Å²) in [6.07, 6.45) is 0.851. The first-order valence-electron chi connectivity index (χ1n) is 9.20. The molecule has 3 aromatic rings. The Balaban J connectivity index is 1.64. The van der Waals surface area contributed by atoms with Gasteiger partial charge in [-0.3, -0.25) is 4.79 Å². The van der Waals surface area contributed by atoms with E-state index in [1.165, 1.54) is 11.3 Å². The molecule has 0 aliphatic carbocycles. The number of benzene rings is 2. The van der Waals surface area contributed by atoms with Crippen LogP contribution in [-0.4, -0.2) is 5.91 Å². The van der Waals surface area contributed by atoms with Gasteiger partial charge < -0.3 is 10.1 Å². The van der Waals surface area contributed by atoms with Crippen molar-refractivity contribution in [3.05, 3.63) is 87.1 Å². The standard InChI is InChI=1S/C23H25NO2S/c1-4-20(19-11-6-5-7-12-19)24-23(25)21-13-18(15-27-21)14-26-22-16(2)9-8-10-17(22)3/h5-13,15,20H,4,14H2,1-3H3,(H,24,25). The van der Waals surface area contributed by atoms with E-state index in [1.54, 1.807) is 0 Å². The lowest BCUT2D eigenvalue weighted by Crippen LogP contribution is -2.27. The molecule has 1 N–H and O–H groups in total. The van der Waals surface area contributed by atoms with Crippen LogP contribution in [0.1, 0.15) is 51.3 Å². The zero-order valence-corrected chi connectivity index (χ0v) is 16.8. The Kier molecular flexibility index (Phi) is 6.30. The summed E-state index contributed by atoms with van der Waals surface area (Å²) < 4.78 is 5.99. The maximum atomic E-state index is 12.6. The van der Waals surface area contributed by atoms with E-state index < -0.39 is 0 Å². The Morgan fingerprint density at radius 2 is 1.78 bits per heavy atom. The topological polar surface area (TPSA) is 38.3 Å². The average Bonchev–Trinajstić information content (AvgIpc) is 3.15. The Morgan fingerprint density at radius 3 is 2.44 bits per heavy atom. The number of aryl methyl sites for hydroxylation is 2. The number of nitrogens with one attached hydrogen (secondary N) is 1. The van der Waals surface area contributed by atoms with E-state index in [0.29, 0.717) is 11.5 Å². The Bertz CT molecular complexity index is 882. The van der Waals surface area contributed by atoms with Crippen LogP contribution in [0.25, 0.3) is 0 Å². The highest BCUT2D eigenvalue weighted by Gasteiger charge is 2.16. The van der Waals surface area contributed by atoms with Crippen molar-refractivity contribution < 1.29 is 9.53 Å². The van der Waals surface area contributed by atoms with Crippen LogP contribution in [0.3, 0.4) is 0 Å². The number of carbonyl (C=O) groups excluding carboxylic acids is 1. The van der Waals surface area contributed by atoms with Crippen molar-refractivity contribution in [3.63, 3.8) is 0 Å². The van der Waals surface area contributed by atoms with E-state index in [0.717, 1.165) is 34.4 Å². The Hall–Kier alpha value is -2.59. The van der Waals surface area contributed by atoms with Gasteiger partial charge in [-0.1, -0.05) is 55.5 Å². The molecule has 3 nitrogen and oxygen atoms in total. The molecule has 1 atom stereocenters. The molecule has 3 rings (SSSR count). The molecule has 0 spiro atoms. The predicted molar refractivity (Wildman–Crippen MR) is 112 cm³/mol. The lowest BCUT2D eigenvalue weighted by atomic mass is 10.0. The van der Waals surface area contributed by atoms with Gasteiger partial charge in [-0.25, -0.2) is 0 Å². The van der Waals surface area contributed by atoms with Crippen LogP contribution >= 0.6 is 11.3 Å². The number of hydrogen-bond acceptors (Lipinski definition) is 3. The van der Waals surface area contributed by atoms with Crippen molar-refractivity contribution in [3.8, 4) is 5.75 Å². The van der Waals surface area contributed by atoms with E-state index in [1.807, 2.05) is 73.8 Å². The molecule has 2 aromatic carbocycles. The van der Waals surface area contributed by atoms with E-state index in [-0.39, 0.29) is 11.9 Å². The van der Waals surface area contributed by atoms with Gasteiger partial charge in [0.25, 0.3) is 5.91 Å². The van der Waals surface area contributed by atoms with Crippen LogP contribution in [0, 0.1) is 13.8 Å². The highest BCUT2D eigenvalue weighted by Crippen LogP contribution is 2.25. The fourth-order valence-corrected chi connectivity index (χ4v) is 3.89. The van der Waals surface area contributed by atoms with Crippen LogP contribution in [0.4, 0.5) is 0 Å². The number of amides is 1. The van der Waals surface area contributed by atoms with Gasteiger partial charge >= 0.3 is 0 Å². The number of thiophene rings is 1. The summed E-state index contributed by atoms with van der Waals surface area (Å²) in [7, 11) is 0. The third-order valence-electron chi connectivity index (χ3n) is 4.58. The molecule has 0 aliphatic rings. The van der Waals surface area contributed by atoms with E-state index in [2.05, 4.69) is 12.2 Å². The van der Waals surface area contributed by atoms with Gasteiger partial charge in [0, 0.05) is 5.56 Å². The van der Waals surface area contributed by atoms with E-state index in [4.69, 9.17) is 4.74 Å². The minimum atomic E-state index is -0.0333. The van der Waals surface area contributed by atoms with Gasteiger partial charge in [-0.05, 0) is 48.4 Å². The molecule has 0 radical (unpaired) electrons. The summed E-state index contributed by atoms with van der Waals surface area (Å²) in [6.45, 7) is 6.63. The maximum Gasteiger partial charge on any atom is 0.261 e. The molecule has 1 unspecified atom stereocenters. The molecule has 0 saturated carbocycles. The lowest BCUT2D eigenvalue weighted by molar-refractivity contribution is 0.0939. The highest BCUT2D eigenvalue weighted by molar-refractivity contribution is 7.12. The number of ether oxygens (including phenoxy) is 1. The second kappa shape index (κ2) is 8.87. The van der Waals surface area contributed by atoms with Crippen molar-refractivity contribution in [2.24, 2.45) is 0 Å². The monoisotopic (exact) mass is 379 g/mol. The molecule has 4 heteroatoms.